The zero-order valence-corrected chi connectivity index (χ0v) is 12.7. The van der Waals surface area contributed by atoms with Crippen LogP contribution in [0.4, 0.5) is 0 Å². The summed E-state index contributed by atoms with van der Waals surface area (Å²) in [6.07, 6.45) is 2.95. The molecular formula is C12H24N2O4S. The van der Waals surface area contributed by atoms with Gasteiger partial charge in [0.15, 0.2) is 0 Å². The monoisotopic (exact) mass is 292 g/mol. The molecule has 0 aromatic rings. The second-order valence-corrected chi connectivity index (χ2v) is 6.74. The first-order valence-corrected chi connectivity index (χ1v) is 7.72. The van der Waals surface area contributed by atoms with E-state index in [1.54, 1.807) is 13.8 Å². The van der Waals surface area contributed by atoms with Crippen molar-refractivity contribution in [3.05, 3.63) is 12.7 Å². The van der Waals surface area contributed by atoms with Crippen molar-refractivity contribution in [1.82, 2.24) is 10.2 Å². The number of nitrogens with zero attached hydrogens (tertiary/aromatic N) is 1. The zero-order valence-electron chi connectivity index (χ0n) is 11.8. The van der Waals surface area contributed by atoms with E-state index in [4.69, 9.17) is 4.55 Å². The minimum atomic E-state index is -4.11. The van der Waals surface area contributed by atoms with Crippen molar-refractivity contribution in [3.8, 4) is 0 Å². The Hall–Kier alpha value is -0.920. The van der Waals surface area contributed by atoms with Crippen LogP contribution in [0.25, 0.3) is 0 Å². The van der Waals surface area contributed by atoms with Gasteiger partial charge in [-0.05, 0) is 27.3 Å². The van der Waals surface area contributed by atoms with Gasteiger partial charge >= 0.3 is 0 Å². The highest BCUT2D eigenvalue weighted by Gasteiger charge is 2.26. The predicted octanol–water partition coefficient (Wildman–Crippen LogP) is 0.667. The number of nitrogens with one attached hydrogen (secondary N) is 1. The fraction of sp³-hybridized carbons (Fsp3) is 0.750. The molecule has 0 spiro atoms. The highest BCUT2D eigenvalue weighted by Crippen LogP contribution is 2.06. The molecule has 0 aliphatic carbocycles. The number of carbonyl (C=O) groups excluding carboxylic acids is 1. The van der Waals surface area contributed by atoms with Gasteiger partial charge in [-0.3, -0.25) is 9.35 Å². The molecule has 0 aliphatic heterocycles. The summed E-state index contributed by atoms with van der Waals surface area (Å²) in [5, 5.41) is 2.60. The first-order chi connectivity index (χ1) is 8.56. The maximum Gasteiger partial charge on any atom is 0.267 e. The Kier molecular flexibility index (Phi) is 7.25. The minimum Gasteiger partial charge on any atom is -0.350 e. The molecule has 0 atom stereocenters. The van der Waals surface area contributed by atoms with E-state index in [9.17, 15) is 13.2 Å². The Morgan fingerprint density at radius 2 is 2.00 bits per heavy atom. The molecule has 1 amide bonds. The summed E-state index contributed by atoms with van der Waals surface area (Å²) in [4.78, 5) is 13.7. The average molecular weight is 292 g/mol. The standard InChI is InChI=1S/C12H24N2O4S/c1-5-6-8-14(4)9-7-11(15)13-12(2,3)10-19(16,17)18/h5H,1,6-10H2,2-4H3,(H,13,15)(H,16,17,18). The van der Waals surface area contributed by atoms with Gasteiger partial charge in [-0.1, -0.05) is 6.08 Å². The summed E-state index contributed by atoms with van der Waals surface area (Å²) >= 11 is 0. The minimum absolute atomic E-state index is 0.237. The molecule has 19 heavy (non-hydrogen) atoms. The first-order valence-electron chi connectivity index (χ1n) is 6.11. The molecule has 0 aliphatic rings. The molecule has 0 unspecified atom stereocenters. The summed E-state index contributed by atoms with van der Waals surface area (Å²) < 4.78 is 30.4. The van der Waals surface area contributed by atoms with Crippen LogP contribution in [0, 0.1) is 0 Å². The Bertz CT molecular complexity index is 404. The van der Waals surface area contributed by atoms with Gasteiger partial charge < -0.3 is 10.2 Å². The van der Waals surface area contributed by atoms with Crippen LogP contribution in [-0.2, 0) is 14.9 Å². The summed E-state index contributed by atoms with van der Waals surface area (Å²) in [5.41, 5.74) is -0.982. The average Bonchev–Trinajstić information content (AvgIpc) is 2.19. The molecule has 0 fully saturated rings. The Morgan fingerprint density at radius 3 is 2.47 bits per heavy atom. The van der Waals surface area contributed by atoms with Gasteiger partial charge in [0.2, 0.25) is 5.91 Å². The van der Waals surface area contributed by atoms with Crippen molar-refractivity contribution >= 4 is 16.0 Å². The van der Waals surface area contributed by atoms with Crippen LogP contribution < -0.4 is 5.32 Å². The third-order valence-corrected chi connectivity index (χ3v) is 3.54. The van der Waals surface area contributed by atoms with Gasteiger partial charge in [-0.15, -0.1) is 6.58 Å². The van der Waals surface area contributed by atoms with E-state index in [0.29, 0.717) is 6.54 Å². The molecule has 2 N–H and O–H groups in total. The van der Waals surface area contributed by atoms with Crippen molar-refractivity contribution in [2.45, 2.75) is 32.2 Å². The van der Waals surface area contributed by atoms with Crippen molar-refractivity contribution in [3.63, 3.8) is 0 Å². The van der Waals surface area contributed by atoms with E-state index in [0.717, 1.165) is 13.0 Å². The molecule has 0 saturated heterocycles. The Labute approximate surface area is 115 Å². The maximum absolute atomic E-state index is 11.7. The maximum atomic E-state index is 11.7. The van der Waals surface area contributed by atoms with Gasteiger partial charge in [0.25, 0.3) is 10.1 Å². The van der Waals surface area contributed by atoms with Gasteiger partial charge in [-0.25, -0.2) is 0 Å². The van der Waals surface area contributed by atoms with Crippen LogP contribution in [0.3, 0.4) is 0 Å². The van der Waals surface area contributed by atoms with Gasteiger partial charge in [-0.2, -0.15) is 8.42 Å². The smallest absolute Gasteiger partial charge is 0.267 e. The highest BCUT2D eigenvalue weighted by atomic mass is 32.2. The molecule has 0 aromatic heterocycles. The van der Waals surface area contributed by atoms with Gasteiger partial charge in [0.1, 0.15) is 0 Å². The Balaban J connectivity index is 4.13. The van der Waals surface area contributed by atoms with Crippen molar-refractivity contribution < 1.29 is 17.8 Å². The van der Waals surface area contributed by atoms with E-state index in [2.05, 4.69) is 11.9 Å². The molecule has 0 saturated carbocycles. The van der Waals surface area contributed by atoms with Crippen LogP contribution in [-0.4, -0.2) is 55.2 Å². The van der Waals surface area contributed by atoms with Crippen LogP contribution >= 0.6 is 0 Å². The normalized spacial score (nSPS) is 12.5. The van der Waals surface area contributed by atoms with Crippen LogP contribution in [0.2, 0.25) is 0 Å². The van der Waals surface area contributed by atoms with Crippen LogP contribution in [0.1, 0.15) is 26.7 Å². The van der Waals surface area contributed by atoms with E-state index in [1.165, 1.54) is 0 Å². The van der Waals surface area contributed by atoms with Crippen molar-refractivity contribution in [2.75, 3.05) is 25.9 Å². The lowest BCUT2D eigenvalue weighted by Crippen LogP contribution is -2.48. The van der Waals surface area contributed by atoms with Crippen molar-refractivity contribution in [2.24, 2.45) is 0 Å². The summed E-state index contributed by atoms with van der Waals surface area (Å²) in [5.74, 6) is -0.739. The molecular weight excluding hydrogens is 268 g/mol. The zero-order chi connectivity index (χ0) is 15.1. The number of carbonyl (C=O) groups is 1. The summed E-state index contributed by atoms with van der Waals surface area (Å²) in [6, 6.07) is 0. The SMILES string of the molecule is C=CCCN(C)CCC(=O)NC(C)(C)CS(=O)(=O)O. The quantitative estimate of drug-likeness (QED) is 0.482. The molecule has 0 aromatic carbocycles. The van der Waals surface area contributed by atoms with Gasteiger partial charge in [0, 0.05) is 19.5 Å². The molecule has 0 rings (SSSR count). The lowest BCUT2D eigenvalue weighted by atomic mass is 10.1. The van der Waals surface area contributed by atoms with E-state index in [1.807, 2.05) is 18.0 Å². The summed E-state index contributed by atoms with van der Waals surface area (Å²) in [6.45, 7) is 8.14. The first kappa shape index (κ1) is 18.1. The number of hydrogen-bond donors (Lipinski definition) is 2. The van der Waals surface area contributed by atoms with Crippen LogP contribution in [0.5, 0.6) is 0 Å². The third-order valence-electron chi connectivity index (χ3n) is 2.46. The largest absolute Gasteiger partial charge is 0.350 e. The second kappa shape index (κ2) is 7.62. The molecule has 112 valence electrons. The fourth-order valence-electron chi connectivity index (χ4n) is 1.65. The third kappa shape index (κ3) is 10.7. The topological polar surface area (TPSA) is 86.7 Å². The summed E-state index contributed by atoms with van der Waals surface area (Å²) in [7, 11) is -2.20. The molecule has 7 heteroatoms. The number of amides is 1. The van der Waals surface area contributed by atoms with E-state index < -0.39 is 21.4 Å². The van der Waals surface area contributed by atoms with E-state index >= 15 is 0 Å². The highest BCUT2D eigenvalue weighted by molar-refractivity contribution is 7.85. The van der Waals surface area contributed by atoms with Crippen molar-refractivity contribution in [1.29, 1.82) is 0 Å². The van der Waals surface area contributed by atoms with Gasteiger partial charge in [0.05, 0.1) is 11.3 Å². The molecule has 0 heterocycles. The van der Waals surface area contributed by atoms with Crippen LogP contribution in [0.15, 0.2) is 12.7 Å². The lowest BCUT2D eigenvalue weighted by molar-refractivity contribution is -0.122. The Morgan fingerprint density at radius 1 is 1.42 bits per heavy atom. The predicted molar refractivity (Wildman–Crippen MR) is 75.6 cm³/mol. The number of hydrogen-bond acceptors (Lipinski definition) is 4. The number of rotatable bonds is 9. The molecule has 0 bridgehead atoms. The molecule has 0 radical (unpaired) electrons. The molecule has 6 nitrogen and oxygen atoms in total. The fourth-order valence-corrected chi connectivity index (χ4v) is 2.63. The van der Waals surface area contributed by atoms with E-state index in [-0.39, 0.29) is 12.3 Å². The lowest BCUT2D eigenvalue weighted by Gasteiger charge is -2.25. The second-order valence-electron chi connectivity index (χ2n) is 5.29.